The fraction of sp³-hybridized carbons (Fsp3) is 0.667. The summed E-state index contributed by atoms with van der Waals surface area (Å²) in [5, 5.41) is 0. The number of rotatable bonds is 5. The minimum Gasteiger partial charge on any atom is -0.0914 e. The summed E-state index contributed by atoms with van der Waals surface area (Å²) in [5.41, 5.74) is 1.51. The van der Waals surface area contributed by atoms with Gasteiger partial charge in [-0.15, -0.1) is 0 Å². The quantitative estimate of drug-likeness (QED) is 0.533. The molecule has 0 aliphatic rings. The van der Waals surface area contributed by atoms with E-state index in [4.69, 9.17) is 0 Å². The van der Waals surface area contributed by atoms with E-state index in [0.29, 0.717) is 0 Å². The first-order valence-electron chi connectivity index (χ1n) is 5.03. The van der Waals surface area contributed by atoms with E-state index in [9.17, 15) is 0 Å². The van der Waals surface area contributed by atoms with Crippen LogP contribution in [0.5, 0.6) is 0 Å². The smallest absolute Gasteiger partial charge is 0.0202 e. The molecule has 0 heterocycles. The Bertz CT molecular complexity index is 151. The monoisotopic (exact) mass is 166 g/mol. The number of hydrogen-bond acceptors (Lipinski definition) is 0. The molecule has 0 rings (SSSR count). The predicted octanol–water partition coefficient (Wildman–Crippen LogP) is 4.34. The van der Waals surface area contributed by atoms with Crippen LogP contribution >= 0.6 is 0 Å². The van der Waals surface area contributed by atoms with Crippen LogP contribution in [0.25, 0.3) is 0 Å². The van der Waals surface area contributed by atoms with Crippen LogP contribution in [-0.4, -0.2) is 0 Å². The van der Waals surface area contributed by atoms with E-state index in [-0.39, 0.29) is 0 Å². The average molecular weight is 166 g/mol. The van der Waals surface area contributed by atoms with Crippen LogP contribution in [0.15, 0.2) is 23.8 Å². The third kappa shape index (κ3) is 5.17. The molecule has 0 aliphatic heterocycles. The average Bonchev–Trinajstić information content (AvgIpc) is 2.11. The summed E-state index contributed by atoms with van der Waals surface area (Å²) in [7, 11) is 0. The molecule has 0 aliphatic carbocycles. The van der Waals surface area contributed by atoms with E-state index < -0.39 is 0 Å². The van der Waals surface area contributed by atoms with E-state index in [1.54, 1.807) is 0 Å². The lowest BCUT2D eigenvalue weighted by molar-refractivity contribution is 0.634. The molecule has 0 saturated carbocycles. The third-order valence-electron chi connectivity index (χ3n) is 2.32. The van der Waals surface area contributed by atoms with Crippen molar-refractivity contribution in [2.24, 2.45) is 5.92 Å². The molecule has 1 atom stereocenters. The topological polar surface area (TPSA) is 0 Å². The molecule has 0 bridgehead atoms. The van der Waals surface area contributed by atoms with Crippen molar-refractivity contribution in [2.45, 2.75) is 47.0 Å². The Labute approximate surface area is 77.4 Å². The maximum atomic E-state index is 2.37. The highest BCUT2D eigenvalue weighted by molar-refractivity contribution is 5.00. The molecule has 0 N–H and O–H groups in total. The first kappa shape index (κ1) is 11.5. The van der Waals surface area contributed by atoms with Crippen LogP contribution in [-0.2, 0) is 0 Å². The van der Waals surface area contributed by atoms with Gasteiger partial charge in [-0.1, -0.05) is 37.6 Å². The van der Waals surface area contributed by atoms with Gasteiger partial charge < -0.3 is 0 Å². The molecular formula is C12H22. The van der Waals surface area contributed by atoms with Gasteiger partial charge in [0.05, 0.1) is 0 Å². The van der Waals surface area contributed by atoms with E-state index in [1.165, 1.54) is 24.8 Å². The highest BCUT2D eigenvalue weighted by atomic mass is 14.0. The van der Waals surface area contributed by atoms with Crippen molar-refractivity contribution in [2.75, 3.05) is 0 Å². The van der Waals surface area contributed by atoms with E-state index in [2.05, 4.69) is 45.9 Å². The standard InChI is InChI=1S/C12H22/c1-5-8-12(7-3)10-9-11(4)6-2/h5,8-9,12H,6-7,10H2,1-4H3. The molecule has 0 saturated heterocycles. The van der Waals surface area contributed by atoms with Gasteiger partial charge in [0.15, 0.2) is 0 Å². The van der Waals surface area contributed by atoms with Crippen LogP contribution < -0.4 is 0 Å². The lowest BCUT2D eigenvalue weighted by Crippen LogP contribution is -1.91. The van der Waals surface area contributed by atoms with Gasteiger partial charge in [0, 0.05) is 0 Å². The first-order valence-corrected chi connectivity index (χ1v) is 5.03. The lowest BCUT2D eigenvalue weighted by Gasteiger charge is -2.06. The Morgan fingerprint density at radius 2 is 2.00 bits per heavy atom. The molecule has 1 unspecified atom stereocenters. The van der Waals surface area contributed by atoms with Crippen molar-refractivity contribution in [3.8, 4) is 0 Å². The normalized spacial score (nSPS) is 15.5. The van der Waals surface area contributed by atoms with Crippen LogP contribution in [0.4, 0.5) is 0 Å². The van der Waals surface area contributed by atoms with Crippen LogP contribution in [0.2, 0.25) is 0 Å². The fourth-order valence-corrected chi connectivity index (χ4v) is 1.15. The van der Waals surface area contributed by atoms with Gasteiger partial charge in [-0.25, -0.2) is 0 Å². The maximum absolute atomic E-state index is 2.37. The van der Waals surface area contributed by atoms with Crippen LogP contribution in [0.1, 0.15) is 47.0 Å². The lowest BCUT2D eigenvalue weighted by atomic mass is 10.00. The van der Waals surface area contributed by atoms with Gasteiger partial charge in [0.1, 0.15) is 0 Å². The molecule has 70 valence electrons. The van der Waals surface area contributed by atoms with Gasteiger partial charge in [-0.05, 0) is 39.0 Å². The number of hydrogen-bond donors (Lipinski definition) is 0. The zero-order chi connectivity index (χ0) is 9.40. The van der Waals surface area contributed by atoms with E-state index >= 15 is 0 Å². The van der Waals surface area contributed by atoms with Crippen LogP contribution in [0, 0.1) is 5.92 Å². The molecule has 0 nitrogen and oxygen atoms in total. The number of allylic oxidation sites excluding steroid dienone is 4. The highest BCUT2D eigenvalue weighted by Crippen LogP contribution is 2.13. The Hall–Kier alpha value is -0.520. The molecule has 0 radical (unpaired) electrons. The van der Waals surface area contributed by atoms with Crippen molar-refractivity contribution in [1.82, 2.24) is 0 Å². The molecule has 0 heteroatoms. The van der Waals surface area contributed by atoms with Gasteiger partial charge in [0.25, 0.3) is 0 Å². The molecule has 0 aromatic heterocycles. The third-order valence-corrected chi connectivity index (χ3v) is 2.32. The fourth-order valence-electron chi connectivity index (χ4n) is 1.15. The zero-order valence-corrected chi connectivity index (χ0v) is 8.93. The summed E-state index contributed by atoms with van der Waals surface area (Å²) in [6.07, 6.45) is 10.5. The van der Waals surface area contributed by atoms with Gasteiger partial charge >= 0.3 is 0 Å². The molecule has 0 fully saturated rings. The second-order valence-electron chi connectivity index (χ2n) is 3.33. The minimum absolute atomic E-state index is 0.747. The second-order valence-corrected chi connectivity index (χ2v) is 3.33. The summed E-state index contributed by atoms with van der Waals surface area (Å²) in [6.45, 7) is 8.77. The SMILES string of the molecule is CC=CC(CC)CC=C(C)CC. The van der Waals surface area contributed by atoms with Crippen molar-refractivity contribution < 1.29 is 0 Å². The molecule has 0 amide bonds. The maximum Gasteiger partial charge on any atom is -0.0202 e. The predicted molar refractivity (Wildman–Crippen MR) is 57.3 cm³/mol. The minimum atomic E-state index is 0.747. The Kier molecular flexibility index (Phi) is 6.84. The summed E-state index contributed by atoms with van der Waals surface area (Å²) >= 11 is 0. The summed E-state index contributed by atoms with van der Waals surface area (Å²) in [5.74, 6) is 0.747. The summed E-state index contributed by atoms with van der Waals surface area (Å²) in [6, 6.07) is 0. The van der Waals surface area contributed by atoms with Gasteiger partial charge in [0.2, 0.25) is 0 Å². The van der Waals surface area contributed by atoms with E-state index in [1.807, 2.05) is 0 Å². The van der Waals surface area contributed by atoms with E-state index in [0.717, 1.165) is 5.92 Å². The molecule has 0 aromatic rings. The Morgan fingerprint density at radius 3 is 2.42 bits per heavy atom. The van der Waals surface area contributed by atoms with Gasteiger partial charge in [-0.3, -0.25) is 0 Å². The van der Waals surface area contributed by atoms with Crippen molar-refractivity contribution in [3.63, 3.8) is 0 Å². The van der Waals surface area contributed by atoms with Crippen LogP contribution in [0.3, 0.4) is 0 Å². The molecule has 0 spiro atoms. The molecular weight excluding hydrogens is 144 g/mol. The van der Waals surface area contributed by atoms with Crippen molar-refractivity contribution in [3.05, 3.63) is 23.8 Å². The zero-order valence-electron chi connectivity index (χ0n) is 8.93. The largest absolute Gasteiger partial charge is 0.0914 e. The Morgan fingerprint density at radius 1 is 1.33 bits per heavy atom. The summed E-state index contributed by atoms with van der Waals surface area (Å²) < 4.78 is 0. The van der Waals surface area contributed by atoms with Gasteiger partial charge in [-0.2, -0.15) is 0 Å². The second kappa shape index (κ2) is 7.15. The Balaban J connectivity index is 3.86. The highest BCUT2D eigenvalue weighted by Gasteiger charge is 1.97. The molecule has 12 heavy (non-hydrogen) atoms. The summed E-state index contributed by atoms with van der Waals surface area (Å²) in [4.78, 5) is 0. The van der Waals surface area contributed by atoms with Crippen molar-refractivity contribution >= 4 is 0 Å². The molecule has 0 aromatic carbocycles. The van der Waals surface area contributed by atoms with Crippen molar-refractivity contribution in [1.29, 1.82) is 0 Å². The first-order chi connectivity index (χ1) is 5.74.